The van der Waals surface area contributed by atoms with E-state index >= 15 is 0 Å². The van der Waals surface area contributed by atoms with Crippen molar-refractivity contribution in [1.29, 1.82) is 0 Å². The number of hydroxylamine groups is 1. The maximum Gasteiger partial charge on any atom is 0.535 e. The smallest absolute Gasteiger partial charge is 0.398 e. The third kappa shape index (κ3) is 6.63. The minimum atomic E-state index is -3.06. The summed E-state index contributed by atoms with van der Waals surface area (Å²) in [5.41, 5.74) is 7.21. The van der Waals surface area contributed by atoms with Crippen molar-refractivity contribution in [2.75, 3.05) is 30.0 Å². The van der Waals surface area contributed by atoms with Crippen LogP contribution in [0.2, 0.25) is 0 Å². The average molecular weight is 435 g/mol. The number of anilines is 3. The summed E-state index contributed by atoms with van der Waals surface area (Å²) in [5.74, 6) is 0. The largest absolute Gasteiger partial charge is 0.535 e. The molecule has 7 nitrogen and oxygen atoms in total. The van der Waals surface area contributed by atoms with Gasteiger partial charge in [0, 0.05) is 37.6 Å². The van der Waals surface area contributed by atoms with Crippen LogP contribution in [0.1, 0.15) is 37.7 Å². The highest BCUT2D eigenvalue weighted by atomic mass is 19.3. The van der Waals surface area contributed by atoms with E-state index in [1.807, 2.05) is 0 Å². The third-order valence-electron chi connectivity index (χ3n) is 4.99. The molecule has 0 spiro atoms. The second kappa shape index (κ2) is 11.2. The van der Waals surface area contributed by atoms with Crippen LogP contribution in [0.3, 0.4) is 0 Å². The maximum absolute atomic E-state index is 13.2. The van der Waals surface area contributed by atoms with Crippen LogP contribution in [0.5, 0.6) is 0 Å². The average Bonchev–Trinajstić information content (AvgIpc) is 2.74. The molecule has 2 amide bonds. The molecule has 1 aliphatic rings. The number of aliphatic imine (C=N–C) groups is 1. The lowest BCUT2D eigenvalue weighted by Crippen LogP contribution is -2.32. The second-order valence-electron chi connectivity index (χ2n) is 7.53. The second-order valence-corrected chi connectivity index (χ2v) is 7.53. The van der Waals surface area contributed by atoms with Crippen molar-refractivity contribution < 1.29 is 23.5 Å². The number of carbonyl (C=O) groups excluding carboxylic acids is 1. The number of amides is 2. The molecule has 1 aromatic carbocycles. The zero-order valence-corrected chi connectivity index (χ0v) is 17.9. The topological polar surface area (TPSA) is 94.0 Å². The fourth-order valence-electron chi connectivity index (χ4n) is 3.31. The number of halogens is 2. The van der Waals surface area contributed by atoms with E-state index in [0.717, 1.165) is 31.8 Å². The van der Waals surface area contributed by atoms with Gasteiger partial charge in [0.2, 0.25) is 5.71 Å². The molecule has 0 unspecified atom stereocenters. The zero-order chi connectivity index (χ0) is 23.0. The van der Waals surface area contributed by atoms with Gasteiger partial charge in [-0.05, 0) is 35.8 Å². The van der Waals surface area contributed by atoms with E-state index in [4.69, 9.17) is 5.73 Å². The SMILES string of the molecule is C=C/C=C\C(C(F)F)=[N+](\O)C(=O)Nc1cc(C=NC2CCCCC2)c(N)cc1N(C)C. The van der Waals surface area contributed by atoms with Gasteiger partial charge in [-0.25, -0.2) is 8.78 Å². The first-order valence-electron chi connectivity index (χ1n) is 10.1. The normalized spacial score (nSPS) is 16.0. The van der Waals surface area contributed by atoms with E-state index in [-0.39, 0.29) is 10.8 Å². The van der Waals surface area contributed by atoms with Crippen molar-refractivity contribution in [3.8, 4) is 0 Å². The van der Waals surface area contributed by atoms with Crippen molar-refractivity contribution in [1.82, 2.24) is 0 Å². The van der Waals surface area contributed by atoms with Gasteiger partial charge in [-0.2, -0.15) is 10.1 Å². The number of nitrogens with one attached hydrogen (secondary N) is 1. The molecule has 1 fully saturated rings. The number of rotatable bonds is 7. The standard InChI is InChI=1S/C22H29F2N5O2/c1-4-5-11-19(21(23)24)29(31)22(30)27-18-12-15(17(25)13-20(18)28(2)3)14-26-16-9-7-6-8-10-16/h4-5,11-14,16,21H,1,6-10H2,2-3H3,(H3-,25,26,27,30,31)/p+1/b11-5-,29-19-. The summed E-state index contributed by atoms with van der Waals surface area (Å²) in [4.78, 5) is 18.8. The predicted molar refractivity (Wildman–Crippen MR) is 121 cm³/mol. The molecule has 0 aromatic heterocycles. The van der Waals surface area contributed by atoms with Crippen LogP contribution in [0.25, 0.3) is 0 Å². The van der Waals surface area contributed by atoms with Gasteiger partial charge < -0.3 is 15.8 Å². The predicted octanol–water partition coefficient (Wildman–Crippen LogP) is 4.47. The summed E-state index contributed by atoms with van der Waals surface area (Å²) >= 11 is 0. The first-order valence-corrected chi connectivity index (χ1v) is 10.1. The number of nitrogens with two attached hydrogens (primary N) is 1. The van der Waals surface area contributed by atoms with Gasteiger partial charge in [0.05, 0.1) is 5.69 Å². The highest BCUT2D eigenvalue weighted by Crippen LogP contribution is 2.30. The van der Waals surface area contributed by atoms with Crippen LogP contribution in [-0.4, -0.2) is 54.5 Å². The lowest BCUT2D eigenvalue weighted by molar-refractivity contribution is -0.697. The summed E-state index contributed by atoms with van der Waals surface area (Å²) in [6.07, 6.45) is 7.56. The molecule has 0 bridgehead atoms. The van der Waals surface area contributed by atoms with Crippen molar-refractivity contribution in [2.45, 2.75) is 44.6 Å². The molecule has 0 radical (unpaired) electrons. The summed E-state index contributed by atoms with van der Waals surface area (Å²) in [6.45, 7) is 3.39. The number of nitrogens with zero attached hydrogens (tertiary/aromatic N) is 3. The Hall–Kier alpha value is -3.23. The lowest BCUT2D eigenvalue weighted by atomic mass is 9.96. The molecule has 31 heavy (non-hydrogen) atoms. The minimum Gasteiger partial charge on any atom is -0.398 e. The Morgan fingerprint density at radius 1 is 1.35 bits per heavy atom. The molecular weight excluding hydrogens is 404 g/mol. The van der Waals surface area contributed by atoms with Crippen molar-refractivity contribution in [2.24, 2.45) is 4.99 Å². The van der Waals surface area contributed by atoms with Gasteiger partial charge in [-0.1, -0.05) is 38.0 Å². The van der Waals surface area contributed by atoms with E-state index in [1.54, 1.807) is 37.3 Å². The molecule has 9 heteroatoms. The molecule has 1 aliphatic carbocycles. The van der Waals surface area contributed by atoms with Crippen LogP contribution in [0.4, 0.5) is 30.6 Å². The Morgan fingerprint density at radius 3 is 2.61 bits per heavy atom. The van der Waals surface area contributed by atoms with Gasteiger partial charge in [0.15, 0.2) is 5.69 Å². The van der Waals surface area contributed by atoms with E-state index in [9.17, 15) is 18.8 Å². The Morgan fingerprint density at radius 2 is 2.03 bits per heavy atom. The van der Waals surface area contributed by atoms with Gasteiger partial charge >= 0.3 is 12.5 Å². The Labute approximate surface area is 181 Å². The number of carbonyl (C=O) groups is 1. The first kappa shape index (κ1) is 24.0. The van der Waals surface area contributed by atoms with Crippen molar-refractivity contribution in [3.05, 3.63) is 42.5 Å². The van der Waals surface area contributed by atoms with E-state index in [0.29, 0.717) is 22.6 Å². The van der Waals surface area contributed by atoms with Crippen molar-refractivity contribution >= 4 is 35.0 Å². The number of hydrogen-bond donors (Lipinski definition) is 3. The fraction of sp³-hybridized carbons (Fsp3) is 0.409. The van der Waals surface area contributed by atoms with Crippen LogP contribution < -0.4 is 16.0 Å². The summed E-state index contributed by atoms with van der Waals surface area (Å²) in [5, 5.41) is 12.5. The number of allylic oxidation sites excluding steroid dienone is 3. The quantitative estimate of drug-likeness (QED) is 0.112. The summed E-state index contributed by atoms with van der Waals surface area (Å²) in [7, 11) is 3.50. The zero-order valence-electron chi connectivity index (χ0n) is 17.9. The van der Waals surface area contributed by atoms with Crippen LogP contribution in [0, 0.1) is 0 Å². The first-order chi connectivity index (χ1) is 14.7. The molecule has 168 valence electrons. The summed E-state index contributed by atoms with van der Waals surface area (Å²) < 4.78 is 26.3. The number of benzene rings is 1. The minimum absolute atomic E-state index is 0.115. The molecule has 4 N–H and O–H groups in total. The van der Waals surface area contributed by atoms with Crippen LogP contribution in [0.15, 0.2) is 41.9 Å². The molecule has 2 rings (SSSR count). The van der Waals surface area contributed by atoms with Gasteiger partial charge in [0.1, 0.15) is 0 Å². The Bertz CT molecular complexity index is 888. The highest BCUT2D eigenvalue weighted by Gasteiger charge is 2.27. The number of nitrogen functional groups attached to an aromatic ring is 1. The Kier molecular flexibility index (Phi) is 8.72. The van der Waals surface area contributed by atoms with Gasteiger partial charge in [-0.3, -0.25) is 4.99 Å². The van der Waals surface area contributed by atoms with E-state index in [2.05, 4.69) is 16.9 Å². The Balaban J connectivity index is 2.36. The molecule has 0 heterocycles. The fourth-order valence-corrected chi connectivity index (χ4v) is 3.31. The summed E-state index contributed by atoms with van der Waals surface area (Å²) in [6, 6.07) is 2.39. The number of urea groups is 1. The van der Waals surface area contributed by atoms with E-state index in [1.165, 1.54) is 18.6 Å². The number of alkyl halides is 2. The van der Waals surface area contributed by atoms with Crippen LogP contribution >= 0.6 is 0 Å². The van der Waals surface area contributed by atoms with Gasteiger partial charge in [-0.15, -0.1) is 0 Å². The third-order valence-corrected chi connectivity index (χ3v) is 4.99. The highest BCUT2D eigenvalue weighted by molar-refractivity contribution is 6.00. The molecule has 0 atom stereocenters. The van der Waals surface area contributed by atoms with Gasteiger partial charge in [0.25, 0.3) is 0 Å². The monoisotopic (exact) mass is 434 g/mol. The lowest BCUT2D eigenvalue weighted by Gasteiger charge is -2.18. The van der Waals surface area contributed by atoms with E-state index < -0.39 is 18.2 Å². The van der Waals surface area contributed by atoms with Crippen molar-refractivity contribution in [3.63, 3.8) is 0 Å². The molecule has 0 aliphatic heterocycles. The molecular formula is C22H30F2N5O2+. The maximum atomic E-state index is 13.2. The molecule has 0 saturated heterocycles. The molecule has 1 aromatic rings. The molecule has 1 saturated carbocycles. The van der Waals surface area contributed by atoms with Crippen LogP contribution in [-0.2, 0) is 0 Å². The number of hydrogen-bond acceptors (Lipinski definition) is 5.